The van der Waals surface area contributed by atoms with Crippen LogP contribution in [-0.4, -0.2) is 42.1 Å². The number of halogens is 1. The molecular weight excluding hydrogens is 398 g/mol. The fourth-order valence-corrected chi connectivity index (χ4v) is 3.00. The predicted octanol–water partition coefficient (Wildman–Crippen LogP) is 3.34. The van der Waals surface area contributed by atoms with E-state index in [2.05, 4.69) is 0 Å². The van der Waals surface area contributed by atoms with E-state index >= 15 is 0 Å². The number of ether oxygens (including phenoxy) is 1. The van der Waals surface area contributed by atoms with Crippen molar-refractivity contribution in [3.05, 3.63) is 63.3 Å². The molecule has 150 valence electrons. The Morgan fingerprint density at radius 3 is 2.69 bits per heavy atom. The fraction of sp³-hybridized carbons (Fsp3) is 0.190. The Morgan fingerprint density at radius 1 is 1.21 bits per heavy atom. The molecule has 0 atom stereocenters. The monoisotopic (exact) mass is 415 g/mol. The van der Waals surface area contributed by atoms with E-state index in [1.165, 1.54) is 13.1 Å². The molecule has 0 aliphatic heterocycles. The third kappa shape index (κ3) is 4.41. The Balaban J connectivity index is 1.92. The van der Waals surface area contributed by atoms with Gasteiger partial charge in [-0.1, -0.05) is 23.7 Å². The van der Waals surface area contributed by atoms with Crippen LogP contribution in [0.15, 0.2) is 51.7 Å². The van der Waals surface area contributed by atoms with Gasteiger partial charge in [-0.3, -0.25) is 9.59 Å². The first kappa shape index (κ1) is 20.4. The van der Waals surface area contributed by atoms with E-state index in [4.69, 9.17) is 25.9 Å². The van der Waals surface area contributed by atoms with Gasteiger partial charge in [0.05, 0.1) is 22.5 Å². The van der Waals surface area contributed by atoms with E-state index in [0.717, 1.165) is 10.5 Å². The molecule has 0 aliphatic carbocycles. The average Bonchev–Trinajstić information content (AvgIpc) is 2.68. The highest BCUT2D eigenvalue weighted by molar-refractivity contribution is 6.34. The van der Waals surface area contributed by atoms with Gasteiger partial charge in [-0.2, -0.15) is 0 Å². The molecule has 0 saturated carbocycles. The summed E-state index contributed by atoms with van der Waals surface area (Å²) in [7, 11) is 1.38. The molecule has 29 heavy (non-hydrogen) atoms. The van der Waals surface area contributed by atoms with Crippen molar-refractivity contribution >= 4 is 34.4 Å². The van der Waals surface area contributed by atoms with Gasteiger partial charge in [0.1, 0.15) is 18.1 Å². The van der Waals surface area contributed by atoms with E-state index in [-0.39, 0.29) is 24.2 Å². The largest absolute Gasteiger partial charge is 0.491 e. The molecule has 8 heteroatoms. The van der Waals surface area contributed by atoms with Crippen molar-refractivity contribution in [3.8, 4) is 17.1 Å². The number of aryl methyl sites for hydroxylation is 1. The summed E-state index contributed by atoms with van der Waals surface area (Å²) < 4.78 is 11.7. The van der Waals surface area contributed by atoms with Gasteiger partial charge in [0.2, 0.25) is 0 Å². The van der Waals surface area contributed by atoms with E-state index in [1.54, 1.807) is 30.3 Å². The quantitative estimate of drug-likeness (QED) is 0.642. The van der Waals surface area contributed by atoms with Gasteiger partial charge in [-0.15, -0.1) is 0 Å². The number of carbonyl (C=O) groups excluding carboxylic acids is 1. The van der Waals surface area contributed by atoms with Crippen molar-refractivity contribution in [2.75, 3.05) is 20.2 Å². The smallest absolute Gasteiger partial charge is 0.394 e. The molecule has 1 amide bonds. The summed E-state index contributed by atoms with van der Waals surface area (Å²) in [5, 5.41) is 9.45. The Hall–Kier alpha value is -3.32. The SMILES string of the molecule is Cc1ccc(-c2cc(=O)c3cccc(Cl)c3o2)c(OCCN(C)C(=O)C(=O)O)c1. The van der Waals surface area contributed by atoms with Crippen LogP contribution in [0.5, 0.6) is 5.75 Å². The second-order valence-electron chi connectivity index (χ2n) is 6.47. The molecule has 2 aromatic carbocycles. The van der Waals surface area contributed by atoms with Gasteiger partial charge in [0.25, 0.3) is 0 Å². The maximum atomic E-state index is 12.5. The summed E-state index contributed by atoms with van der Waals surface area (Å²) in [4.78, 5) is 35.7. The van der Waals surface area contributed by atoms with Crippen LogP contribution in [0, 0.1) is 6.92 Å². The molecular formula is C21H18ClNO6. The Morgan fingerprint density at radius 2 is 1.97 bits per heavy atom. The lowest BCUT2D eigenvalue weighted by Gasteiger charge is -2.17. The van der Waals surface area contributed by atoms with Crippen LogP contribution in [0.3, 0.4) is 0 Å². The maximum absolute atomic E-state index is 12.5. The molecule has 3 aromatic rings. The number of nitrogens with zero attached hydrogens (tertiary/aromatic N) is 1. The Kier molecular flexibility index (Phi) is 5.89. The Bertz CT molecular complexity index is 1150. The van der Waals surface area contributed by atoms with Gasteiger partial charge < -0.3 is 19.2 Å². The molecule has 0 spiro atoms. The lowest BCUT2D eigenvalue weighted by atomic mass is 10.1. The third-order valence-corrected chi connectivity index (χ3v) is 4.62. The van der Waals surface area contributed by atoms with Gasteiger partial charge in [0.15, 0.2) is 11.0 Å². The number of hydrogen-bond donors (Lipinski definition) is 1. The second-order valence-corrected chi connectivity index (χ2v) is 6.88. The zero-order chi connectivity index (χ0) is 21.1. The highest BCUT2D eigenvalue weighted by atomic mass is 35.5. The first-order chi connectivity index (χ1) is 13.8. The van der Waals surface area contributed by atoms with E-state index in [1.807, 2.05) is 13.0 Å². The number of likely N-dealkylation sites (N-methyl/N-ethyl adjacent to an activating group) is 1. The summed E-state index contributed by atoms with van der Waals surface area (Å²) in [5.41, 5.74) is 1.51. The van der Waals surface area contributed by atoms with Crippen molar-refractivity contribution in [1.29, 1.82) is 0 Å². The van der Waals surface area contributed by atoms with Crippen molar-refractivity contribution in [1.82, 2.24) is 4.90 Å². The topological polar surface area (TPSA) is 97.0 Å². The fourth-order valence-electron chi connectivity index (χ4n) is 2.79. The number of carboxylic acid groups (broad SMARTS) is 1. The number of aliphatic carboxylic acids is 1. The van der Waals surface area contributed by atoms with E-state index in [0.29, 0.717) is 27.5 Å². The van der Waals surface area contributed by atoms with Crippen molar-refractivity contribution in [2.24, 2.45) is 0 Å². The first-order valence-electron chi connectivity index (χ1n) is 8.72. The molecule has 0 unspecified atom stereocenters. The van der Waals surface area contributed by atoms with E-state index in [9.17, 15) is 14.4 Å². The number of carbonyl (C=O) groups is 2. The summed E-state index contributed by atoms with van der Waals surface area (Å²) in [5.74, 6) is -1.82. The maximum Gasteiger partial charge on any atom is 0.394 e. The zero-order valence-electron chi connectivity index (χ0n) is 15.8. The standard InChI is InChI=1S/C21H18ClNO6/c1-12-6-7-14(17(10-12)28-9-8-23(2)20(25)21(26)27)18-11-16(24)13-4-3-5-15(22)19(13)29-18/h3-7,10-11H,8-9H2,1-2H3,(H,26,27). The van der Waals surface area contributed by atoms with Gasteiger partial charge >= 0.3 is 11.9 Å². The second kappa shape index (κ2) is 8.36. The molecule has 0 saturated heterocycles. The number of benzene rings is 2. The lowest BCUT2D eigenvalue weighted by molar-refractivity contribution is -0.155. The van der Waals surface area contributed by atoms with Gasteiger partial charge in [-0.05, 0) is 36.8 Å². The van der Waals surface area contributed by atoms with Crippen LogP contribution < -0.4 is 10.2 Å². The van der Waals surface area contributed by atoms with Gasteiger partial charge in [0, 0.05) is 13.1 Å². The number of amides is 1. The molecule has 0 radical (unpaired) electrons. The number of rotatable bonds is 5. The predicted molar refractivity (Wildman–Crippen MR) is 108 cm³/mol. The molecule has 0 aliphatic rings. The minimum Gasteiger partial charge on any atom is -0.491 e. The minimum atomic E-state index is -1.53. The van der Waals surface area contributed by atoms with Crippen LogP contribution >= 0.6 is 11.6 Å². The Labute approximate surface area is 171 Å². The summed E-state index contributed by atoms with van der Waals surface area (Å²) in [6.07, 6.45) is 0. The van der Waals surface area contributed by atoms with Crippen molar-refractivity contribution in [2.45, 2.75) is 6.92 Å². The first-order valence-corrected chi connectivity index (χ1v) is 9.10. The van der Waals surface area contributed by atoms with E-state index < -0.39 is 11.9 Å². The van der Waals surface area contributed by atoms with Crippen LogP contribution in [0.25, 0.3) is 22.3 Å². The average molecular weight is 416 g/mol. The zero-order valence-corrected chi connectivity index (χ0v) is 16.5. The molecule has 1 aromatic heterocycles. The third-order valence-electron chi connectivity index (χ3n) is 4.32. The normalized spacial score (nSPS) is 10.7. The summed E-state index contributed by atoms with van der Waals surface area (Å²) in [6.45, 7) is 2.01. The van der Waals surface area contributed by atoms with Gasteiger partial charge in [-0.25, -0.2) is 4.79 Å². The van der Waals surface area contributed by atoms with Crippen LogP contribution in [0.1, 0.15) is 5.56 Å². The molecule has 0 fully saturated rings. The van der Waals surface area contributed by atoms with Crippen LogP contribution in [0.2, 0.25) is 5.02 Å². The summed E-state index contributed by atoms with van der Waals surface area (Å²) in [6, 6.07) is 11.7. The molecule has 0 bridgehead atoms. The number of carboxylic acids is 1. The molecule has 1 heterocycles. The van der Waals surface area contributed by atoms with Crippen molar-refractivity contribution in [3.63, 3.8) is 0 Å². The molecule has 7 nitrogen and oxygen atoms in total. The number of fused-ring (bicyclic) bond motifs is 1. The minimum absolute atomic E-state index is 0.0601. The number of para-hydroxylation sites is 1. The lowest BCUT2D eigenvalue weighted by Crippen LogP contribution is -2.35. The number of hydrogen-bond acceptors (Lipinski definition) is 5. The van der Waals surface area contributed by atoms with Crippen LogP contribution in [-0.2, 0) is 9.59 Å². The van der Waals surface area contributed by atoms with Crippen molar-refractivity contribution < 1.29 is 23.8 Å². The summed E-state index contributed by atoms with van der Waals surface area (Å²) >= 11 is 6.18. The molecule has 1 N–H and O–H groups in total. The highest BCUT2D eigenvalue weighted by Gasteiger charge is 2.18. The van der Waals surface area contributed by atoms with Crippen LogP contribution in [0.4, 0.5) is 0 Å². The highest BCUT2D eigenvalue weighted by Crippen LogP contribution is 2.33. The molecule has 3 rings (SSSR count).